The van der Waals surface area contributed by atoms with Gasteiger partial charge in [0.05, 0.1) is 0 Å². The van der Waals surface area contributed by atoms with Gasteiger partial charge in [-0.1, -0.05) is 48.5 Å². The molecule has 0 aromatic carbocycles. The van der Waals surface area contributed by atoms with Crippen LogP contribution in [0.4, 0.5) is 0 Å². The number of rotatable bonds is 1. The molecular weight excluding hydrogens is 192 g/mol. The van der Waals surface area contributed by atoms with Gasteiger partial charge in [-0.2, -0.15) is 0 Å². The second-order valence-electron chi connectivity index (χ2n) is 7.27. The van der Waals surface area contributed by atoms with Crippen molar-refractivity contribution in [3.63, 3.8) is 0 Å². The van der Waals surface area contributed by atoms with E-state index in [1.165, 1.54) is 0 Å². The molecule has 0 bridgehead atoms. The molecule has 0 nitrogen and oxygen atoms in total. The molecule has 0 aromatic heterocycles. The summed E-state index contributed by atoms with van der Waals surface area (Å²) in [5, 5.41) is 0. The largest absolute Gasteiger partial charge is 0.0625 e. The highest BCUT2D eigenvalue weighted by Crippen LogP contribution is 2.61. The molecule has 94 valence electrons. The van der Waals surface area contributed by atoms with Crippen LogP contribution in [-0.2, 0) is 0 Å². The Morgan fingerprint density at radius 1 is 0.562 bits per heavy atom. The molecule has 0 heteroatoms. The summed E-state index contributed by atoms with van der Waals surface area (Å²) in [6.45, 7) is 17.4. The lowest BCUT2D eigenvalue weighted by molar-refractivity contribution is 0.178. The second kappa shape index (κ2) is 4.03. The first-order valence-electron chi connectivity index (χ1n) is 7.37. The van der Waals surface area contributed by atoms with Gasteiger partial charge in [-0.3, -0.25) is 0 Å². The molecule has 2 aliphatic carbocycles. The van der Waals surface area contributed by atoms with E-state index in [0.717, 1.165) is 53.3 Å². The van der Waals surface area contributed by atoms with Crippen molar-refractivity contribution in [1.29, 1.82) is 0 Å². The molecule has 16 heavy (non-hydrogen) atoms. The van der Waals surface area contributed by atoms with Crippen LogP contribution in [0.25, 0.3) is 0 Å². The average Bonchev–Trinajstić information content (AvgIpc) is 2.57. The summed E-state index contributed by atoms with van der Waals surface area (Å²) in [5.41, 5.74) is 0. The number of hydrogen-bond acceptors (Lipinski definition) is 0. The van der Waals surface area contributed by atoms with Crippen molar-refractivity contribution >= 4 is 0 Å². The minimum atomic E-state index is 0.866. The van der Waals surface area contributed by atoms with Gasteiger partial charge < -0.3 is 0 Å². The molecule has 2 rings (SSSR count). The van der Waals surface area contributed by atoms with Crippen LogP contribution in [0.2, 0.25) is 0 Å². The molecule has 0 saturated heterocycles. The summed E-state index contributed by atoms with van der Waals surface area (Å²) in [7, 11) is 0. The monoisotopic (exact) mass is 222 g/mol. The number of fused-ring (bicyclic) bond motifs is 1. The fourth-order valence-electron chi connectivity index (χ4n) is 5.75. The summed E-state index contributed by atoms with van der Waals surface area (Å²) in [5.74, 6) is 8.57. The lowest BCUT2D eigenvalue weighted by Crippen LogP contribution is -2.25. The maximum Gasteiger partial charge on any atom is -0.0323 e. The molecule has 0 aliphatic heterocycles. The Morgan fingerprint density at radius 3 is 1.25 bits per heavy atom. The molecule has 6 unspecified atom stereocenters. The van der Waals surface area contributed by atoms with Gasteiger partial charge in [0.1, 0.15) is 0 Å². The zero-order valence-electron chi connectivity index (χ0n) is 12.2. The maximum absolute atomic E-state index is 2.53. The van der Waals surface area contributed by atoms with Crippen LogP contribution in [0.3, 0.4) is 0 Å². The Hall–Kier alpha value is 0. The van der Waals surface area contributed by atoms with Gasteiger partial charge in [-0.25, -0.2) is 0 Å². The normalized spacial score (nSPS) is 57.0. The third-order valence-corrected chi connectivity index (χ3v) is 6.52. The van der Waals surface area contributed by atoms with E-state index in [1.807, 2.05) is 0 Å². The highest BCUT2D eigenvalue weighted by molar-refractivity contribution is 5.04. The van der Waals surface area contributed by atoms with Crippen LogP contribution < -0.4 is 0 Å². The predicted molar refractivity (Wildman–Crippen MR) is 71.1 cm³/mol. The number of hydrogen-bond donors (Lipinski definition) is 0. The molecule has 0 spiro atoms. The fourth-order valence-corrected chi connectivity index (χ4v) is 5.75. The van der Waals surface area contributed by atoms with Gasteiger partial charge in [0, 0.05) is 0 Å². The van der Waals surface area contributed by atoms with Crippen molar-refractivity contribution in [3.8, 4) is 0 Å². The molecule has 2 fully saturated rings. The molecular formula is C16H30. The van der Waals surface area contributed by atoms with Crippen molar-refractivity contribution in [2.45, 2.75) is 48.5 Å². The van der Waals surface area contributed by atoms with Crippen molar-refractivity contribution < 1.29 is 0 Å². The molecule has 0 radical (unpaired) electrons. The zero-order chi connectivity index (χ0) is 12.2. The first kappa shape index (κ1) is 12.5. The first-order chi connectivity index (χ1) is 7.37. The van der Waals surface area contributed by atoms with Crippen molar-refractivity contribution in [1.82, 2.24) is 0 Å². The van der Waals surface area contributed by atoms with Crippen LogP contribution >= 0.6 is 0 Å². The molecule has 6 atom stereocenters. The Kier molecular flexibility index (Phi) is 3.14. The molecule has 2 aliphatic rings. The van der Waals surface area contributed by atoms with Crippen LogP contribution in [0.1, 0.15) is 48.5 Å². The lowest BCUT2D eigenvalue weighted by Gasteiger charge is -2.31. The van der Waals surface area contributed by atoms with E-state index in [9.17, 15) is 0 Å². The Balaban J connectivity index is 2.29. The van der Waals surface area contributed by atoms with E-state index in [1.54, 1.807) is 0 Å². The fraction of sp³-hybridized carbons (Fsp3) is 1.00. The van der Waals surface area contributed by atoms with E-state index in [2.05, 4.69) is 48.5 Å². The standard InChI is InChI=1S/C16H30/c1-8(2)14-12(6)15-10(4)9(3)11(5)16(15)13(14)7/h8-16H,1-7H3. The molecule has 2 saturated carbocycles. The maximum atomic E-state index is 2.53. The van der Waals surface area contributed by atoms with Crippen LogP contribution in [0.5, 0.6) is 0 Å². The summed E-state index contributed by atoms with van der Waals surface area (Å²) in [6.07, 6.45) is 0. The molecule has 0 aromatic rings. The SMILES string of the molecule is CC(C)C1C(C)C2C(C)C(C)C(C)C2C1C. The highest BCUT2D eigenvalue weighted by Gasteiger charge is 2.56. The second-order valence-corrected chi connectivity index (χ2v) is 7.27. The van der Waals surface area contributed by atoms with Gasteiger partial charge in [-0.05, 0) is 53.3 Å². The van der Waals surface area contributed by atoms with Gasteiger partial charge in [0.2, 0.25) is 0 Å². The highest BCUT2D eigenvalue weighted by atomic mass is 14.6. The minimum Gasteiger partial charge on any atom is -0.0625 e. The van der Waals surface area contributed by atoms with E-state index < -0.39 is 0 Å². The van der Waals surface area contributed by atoms with Crippen molar-refractivity contribution in [2.24, 2.45) is 53.3 Å². The smallest absolute Gasteiger partial charge is 0.0323 e. The van der Waals surface area contributed by atoms with Crippen LogP contribution in [-0.4, -0.2) is 0 Å². The van der Waals surface area contributed by atoms with E-state index in [-0.39, 0.29) is 0 Å². The van der Waals surface area contributed by atoms with Crippen molar-refractivity contribution in [3.05, 3.63) is 0 Å². The molecule has 0 heterocycles. The van der Waals surface area contributed by atoms with E-state index >= 15 is 0 Å². The average molecular weight is 222 g/mol. The van der Waals surface area contributed by atoms with Gasteiger partial charge in [-0.15, -0.1) is 0 Å². The van der Waals surface area contributed by atoms with Gasteiger partial charge in [0.15, 0.2) is 0 Å². The van der Waals surface area contributed by atoms with Gasteiger partial charge in [0.25, 0.3) is 0 Å². The topological polar surface area (TPSA) is 0 Å². The summed E-state index contributed by atoms with van der Waals surface area (Å²) in [6, 6.07) is 0. The Bertz CT molecular complexity index is 233. The van der Waals surface area contributed by atoms with Crippen LogP contribution in [0, 0.1) is 53.3 Å². The quantitative estimate of drug-likeness (QED) is 0.603. The minimum absolute atomic E-state index is 0.866. The first-order valence-corrected chi connectivity index (χ1v) is 7.37. The third-order valence-electron chi connectivity index (χ3n) is 6.52. The van der Waals surface area contributed by atoms with Gasteiger partial charge >= 0.3 is 0 Å². The third kappa shape index (κ3) is 1.48. The Labute approximate surface area is 102 Å². The van der Waals surface area contributed by atoms with E-state index in [4.69, 9.17) is 0 Å². The molecule has 0 N–H and O–H groups in total. The van der Waals surface area contributed by atoms with Crippen molar-refractivity contribution in [2.75, 3.05) is 0 Å². The van der Waals surface area contributed by atoms with Crippen LogP contribution in [0.15, 0.2) is 0 Å². The summed E-state index contributed by atoms with van der Waals surface area (Å²) < 4.78 is 0. The zero-order valence-corrected chi connectivity index (χ0v) is 12.2. The molecule has 0 amide bonds. The summed E-state index contributed by atoms with van der Waals surface area (Å²) >= 11 is 0. The predicted octanol–water partition coefficient (Wildman–Crippen LogP) is 4.70. The lowest BCUT2D eigenvalue weighted by atomic mass is 9.75. The van der Waals surface area contributed by atoms with E-state index in [0.29, 0.717) is 0 Å². The summed E-state index contributed by atoms with van der Waals surface area (Å²) in [4.78, 5) is 0. The Morgan fingerprint density at radius 2 is 0.938 bits per heavy atom.